The number of fused-ring (bicyclic) bond motifs is 12. The number of hydrogen-bond acceptors (Lipinski definition) is 1. The fraction of sp³-hybridized carbons (Fsp3) is 0.134. The van der Waals surface area contributed by atoms with E-state index >= 15 is 0 Å². The molecule has 0 N–H and O–H groups in total. The van der Waals surface area contributed by atoms with Crippen molar-refractivity contribution in [1.82, 2.24) is 0 Å². The van der Waals surface area contributed by atoms with Gasteiger partial charge in [0.15, 0.2) is 0 Å². The van der Waals surface area contributed by atoms with Gasteiger partial charge in [-0.25, -0.2) is 0 Å². The van der Waals surface area contributed by atoms with Crippen molar-refractivity contribution in [2.24, 2.45) is 0 Å². The van der Waals surface area contributed by atoms with E-state index in [1.807, 2.05) is 0 Å². The molecule has 1 heteroatoms. The summed E-state index contributed by atoms with van der Waals surface area (Å²) in [5.41, 5.74) is 24.1. The first-order chi connectivity index (χ1) is 33.2. The molecular weight excluding hydrogens is 819 g/mol. The largest absolute Gasteiger partial charge is 0.310 e. The summed E-state index contributed by atoms with van der Waals surface area (Å²) >= 11 is 0. The molecule has 10 aromatic carbocycles. The molecule has 68 heavy (non-hydrogen) atoms. The van der Waals surface area contributed by atoms with Crippen molar-refractivity contribution in [1.29, 1.82) is 0 Å². The van der Waals surface area contributed by atoms with Crippen molar-refractivity contribution in [2.75, 3.05) is 4.90 Å². The van der Waals surface area contributed by atoms with Crippen molar-refractivity contribution >= 4 is 27.8 Å². The molecular formula is C67H53N. The van der Waals surface area contributed by atoms with Crippen LogP contribution in [0.2, 0.25) is 0 Å². The van der Waals surface area contributed by atoms with Crippen LogP contribution in [0, 0.1) is 0 Å². The highest BCUT2D eigenvalue weighted by Crippen LogP contribution is 2.64. The van der Waals surface area contributed by atoms with Crippen LogP contribution in [0.4, 0.5) is 17.1 Å². The van der Waals surface area contributed by atoms with Gasteiger partial charge in [0.25, 0.3) is 0 Å². The van der Waals surface area contributed by atoms with Gasteiger partial charge in [0.1, 0.15) is 0 Å². The molecule has 3 aliphatic carbocycles. The maximum absolute atomic E-state index is 2.56. The van der Waals surface area contributed by atoms with Gasteiger partial charge in [0.05, 0.1) is 11.1 Å². The first kappa shape index (κ1) is 40.5. The second kappa shape index (κ2) is 15.1. The molecule has 0 aromatic heterocycles. The van der Waals surface area contributed by atoms with E-state index < -0.39 is 5.41 Å². The number of rotatable bonds is 6. The van der Waals surface area contributed by atoms with E-state index in [4.69, 9.17) is 0 Å². The molecule has 0 amide bonds. The summed E-state index contributed by atoms with van der Waals surface area (Å²) < 4.78 is 0. The third kappa shape index (κ3) is 6.01. The quantitative estimate of drug-likeness (QED) is 0.161. The lowest BCUT2D eigenvalue weighted by atomic mass is 9.61. The van der Waals surface area contributed by atoms with Crippen molar-refractivity contribution in [2.45, 2.75) is 56.8 Å². The van der Waals surface area contributed by atoms with E-state index in [-0.39, 0.29) is 10.8 Å². The molecule has 1 nitrogen and oxygen atoms in total. The molecule has 0 saturated carbocycles. The Morgan fingerprint density at radius 1 is 0.309 bits per heavy atom. The minimum Gasteiger partial charge on any atom is -0.310 e. The Morgan fingerprint density at radius 2 is 0.794 bits per heavy atom. The SMILES string of the molecule is CC1(C)CCC(C)(C)c2c(-c3ccc(-c4cc5c(cc4N(c4ccccc4)c4ccc(-c6ccc7ccccc7c6)cc4)C4(c6ccccc6-c6ccccc64)c4ccccc4-5)cc3)cccc21. The van der Waals surface area contributed by atoms with Crippen LogP contribution in [0.1, 0.15) is 73.9 Å². The summed E-state index contributed by atoms with van der Waals surface area (Å²) in [6.07, 6.45) is 2.37. The first-order valence-corrected chi connectivity index (χ1v) is 24.4. The molecule has 326 valence electrons. The normalized spacial score (nSPS) is 15.3. The van der Waals surface area contributed by atoms with Gasteiger partial charge in [-0.3, -0.25) is 0 Å². The highest BCUT2D eigenvalue weighted by molar-refractivity contribution is 6.00. The summed E-state index contributed by atoms with van der Waals surface area (Å²) in [4.78, 5) is 2.50. The van der Waals surface area contributed by atoms with E-state index in [0.717, 1.165) is 17.1 Å². The van der Waals surface area contributed by atoms with E-state index in [0.29, 0.717) is 0 Å². The Morgan fingerprint density at radius 3 is 1.46 bits per heavy atom. The van der Waals surface area contributed by atoms with Crippen LogP contribution < -0.4 is 4.90 Å². The monoisotopic (exact) mass is 871 g/mol. The number of hydrogen-bond donors (Lipinski definition) is 0. The summed E-state index contributed by atoms with van der Waals surface area (Å²) in [6, 6.07) is 84.6. The average molecular weight is 872 g/mol. The topological polar surface area (TPSA) is 3.24 Å². The van der Waals surface area contributed by atoms with E-state index in [1.165, 1.54) is 113 Å². The van der Waals surface area contributed by atoms with Gasteiger partial charge in [-0.05, 0) is 160 Å². The second-order valence-electron chi connectivity index (χ2n) is 20.7. The molecule has 0 unspecified atom stereocenters. The third-order valence-electron chi connectivity index (χ3n) is 15.9. The summed E-state index contributed by atoms with van der Waals surface area (Å²) in [6.45, 7) is 9.72. The zero-order valence-electron chi connectivity index (χ0n) is 39.2. The maximum Gasteiger partial charge on any atom is 0.0726 e. The molecule has 1 spiro atoms. The van der Waals surface area contributed by atoms with Crippen molar-refractivity contribution < 1.29 is 0 Å². The predicted octanol–water partition coefficient (Wildman–Crippen LogP) is 18.0. The fourth-order valence-electron chi connectivity index (χ4n) is 12.5. The van der Waals surface area contributed by atoms with E-state index in [9.17, 15) is 0 Å². The molecule has 0 atom stereocenters. The lowest BCUT2D eigenvalue weighted by Crippen LogP contribution is -2.34. The molecule has 0 saturated heterocycles. The minimum absolute atomic E-state index is 0.0914. The minimum atomic E-state index is -0.481. The molecule has 0 bridgehead atoms. The van der Waals surface area contributed by atoms with Gasteiger partial charge in [0, 0.05) is 16.9 Å². The van der Waals surface area contributed by atoms with Gasteiger partial charge in [-0.1, -0.05) is 210 Å². The van der Waals surface area contributed by atoms with Gasteiger partial charge in [-0.2, -0.15) is 0 Å². The average Bonchev–Trinajstić information content (AvgIpc) is 3.85. The van der Waals surface area contributed by atoms with E-state index in [2.05, 4.69) is 257 Å². The molecule has 0 radical (unpaired) electrons. The van der Waals surface area contributed by atoms with Crippen LogP contribution in [-0.2, 0) is 16.2 Å². The highest BCUT2D eigenvalue weighted by atomic mass is 15.1. The lowest BCUT2D eigenvalue weighted by Gasteiger charge is -2.43. The molecule has 0 heterocycles. The summed E-state index contributed by atoms with van der Waals surface area (Å²) in [5, 5.41) is 2.50. The van der Waals surface area contributed by atoms with Gasteiger partial charge in [0.2, 0.25) is 0 Å². The summed E-state index contributed by atoms with van der Waals surface area (Å²) in [7, 11) is 0. The van der Waals surface area contributed by atoms with Gasteiger partial charge in [-0.15, -0.1) is 0 Å². The molecule has 3 aliphatic rings. The van der Waals surface area contributed by atoms with Crippen molar-refractivity contribution in [3.05, 3.63) is 258 Å². The number of anilines is 3. The van der Waals surface area contributed by atoms with Crippen molar-refractivity contribution in [3.8, 4) is 55.6 Å². The second-order valence-corrected chi connectivity index (χ2v) is 20.7. The van der Waals surface area contributed by atoms with Crippen LogP contribution in [0.3, 0.4) is 0 Å². The van der Waals surface area contributed by atoms with Crippen molar-refractivity contribution in [3.63, 3.8) is 0 Å². The van der Waals surface area contributed by atoms with E-state index in [1.54, 1.807) is 0 Å². The van der Waals surface area contributed by atoms with Gasteiger partial charge < -0.3 is 4.90 Å². The predicted molar refractivity (Wildman–Crippen MR) is 287 cm³/mol. The molecule has 0 fully saturated rings. The zero-order chi connectivity index (χ0) is 45.8. The lowest BCUT2D eigenvalue weighted by molar-refractivity contribution is 0.333. The Hall–Kier alpha value is -7.74. The Bertz CT molecular complexity index is 3560. The Kier molecular flexibility index (Phi) is 9.02. The fourth-order valence-corrected chi connectivity index (χ4v) is 12.5. The summed E-state index contributed by atoms with van der Waals surface area (Å²) in [5.74, 6) is 0. The van der Waals surface area contributed by atoms with Crippen LogP contribution in [0.5, 0.6) is 0 Å². The smallest absolute Gasteiger partial charge is 0.0726 e. The van der Waals surface area contributed by atoms with Gasteiger partial charge >= 0.3 is 0 Å². The molecule has 13 rings (SSSR count). The van der Waals surface area contributed by atoms with Crippen LogP contribution in [-0.4, -0.2) is 0 Å². The highest BCUT2D eigenvalue weighted by Gasteiger charge is 2.52. The first-order valence-electron chi connectivity index (χ1n) is 24.4. The molecule has 0 aliphatic heterocycles. The number of nitrogens with zero attached hydrogens (tertiary/aromatic N) is 1. The third-order valence-corrected chi connectivity index (χ3v) is 15.9. The maximum atomic E-state index is 2.56. The van der Waals surface area contributed by atoms with Crippen LogP contribution in [0.15, 0.2) is 224 Å². The Labute approximate surface area is 401 Å². The van der Waals surface area contributed by atoms with Crippen LogP contribution >= 0.6 is 0 Å². The van der Waals surface area contributed by atoms with Crippen LogP contribution in [0.25, 0.3) is 66.4 Å². The standard InChI is InChI=1S/C67H53N/c1-65(2)39-40-66(3,4)64-52(24-16-28-61(64)65)46-30-32-47(33-31-46)56-42-57-55-23-12-15-27-60(55)67(58-25-13-10-21-53(58)54-22-11-14-26-59(54)67)62(57)43-63(56)68(50-19-6-5-7-20-50)51-37-35-45(36-38-51)49-34-29-44-17-8-9-18-48(44)41-49/h5-38,41-43H,39-40H2,1-4H3. The Balaban J connectivity index is 1.05. The zero-order valence-corrected chi connectivity index (χ0v) is 39.2. The molecule has 10 aromatic rings. The number of para-hydroxylation sites is 1. The number of benzene rings is 10.